The maximum absolute atomic E-state index is 13.3. The van der Waals surface area contributed by atoms with E-state index in [0.29, 0.717) is 12.5 Å². The minimum absolute atomic E-state index is 0.374. The second-order valence-electron chi connectivity index (χ2n) is 3.90. The lowest BCUT2D eigenvalue weighted by Gasteiger charge is -2.11. The Kier molecular flexibility index (Phi) is 4.59. The van der Waals surface area contributed by atoms with Crippen molar-refractivity contribution in [3.63, 3.8) is 0 Å². The third-order valence-corrected chi connectivity index (χ3v) is 4.17. The maximum Gasteiger partial charge on any atom is 0.182 e. The Labute approximate surface area is 99.6 Å². The molecule has 0 spiro atoms. The molecule has 1 atom stereocenters. The van der Waals surface area contributed by atoms with Crippen molar-refractivity contribution in [2.45, 2.75) is 30.7 Å². The molecule has 1 aromatic rings. The molecule has 6 heteroatoms. The lowest BCUT2D eigenvalue weighted by molar-refractivity contribution is 0.546. The standard InChI is InChI=1S/C11H15F2NO2S/c1-2-3-9(14)7-17(15,16)11-6-8(12)4-5-10(11)13/h4-6,9H,2-3,7,14H2,1H3. The van der Waals surface area contributed by atoms with Gasteiger partial charge in [0.15, 0.2) is 9.84 Å². The topological polar surface area (TPSA) is 60.2 Å². The molecule has 96 valence electrons. The number of rotatable bonds is 5. The van der Waals surface area contributed by atoms with Crippen LogP contribution in [0.2, 0.25) is 0 Å². The van der Waals surface area contributed by atoms with Gasteiger partial charge in [0.25, 0.3) is 0 Å². The van der Waals surface area contributed by atoms with Crippen LogP contribution >= 0.6 is 0 Å². The molecule has 0 fully saturated rings. The average molecular weight is 263 g/mol. The smallest absolute Gasteiger partial charge is 0.182 e. The molecule has 1 unspecified atom stereocenters. The number of hydrogen-bond donors (Lipinski definition) is 1. The zero-order valence-corrected chi connectivity index (χ0v) is 10.3. The van der Waals surface area contributed by atoms with Gasteiger partial charge >= 0.3 is 0 Å². The van der Waals surface area contributed by atoms with Crippen LogP contribution in [0.25, 0.3) is 0 Å². The maximum atomic E-state index is 13.3. The van der Waals surface area contributed by atoms with Gasteiger partial charge in [-0.05, 0) is 24.6 Å². The minimum atomic E-state index is -3.87. The van der Waals surface area contributed by atoms with Gasteiger partial charge in [0.05, 0.1) is 5.75 Å². The van der Waals surface area contributed by atoms with Crippen molar-refractivity contribution in [1.29, 1.82) is 0 Å². The Morgan fingerprint density at radius 2 is 2.00 bits per heavy atom. The van der Waals surface area contributed by atoms with Crippen LogP contribution in [-0.4, -0.2) is 20.2 Å². The highest BCUT2D eigenvalue weighted by atomic mass is 32.2. The highest BCUT2D eigenvalue weighted by Crippen LogP contribution is 2.18. The summed E-state index contributed by atoms with van der Waals surface area (Å²) in [5, 5.41) is 0. The van der Waals surface area contributed by atoms with Crippen LogP contribution in [0.3, 0.4) is 0 Å². The lowest BCUT2D eigenvalue weighted by atomic mass is 10.2. The zero-order valence-electron chi connectivity index (χ0n) is 9.49. The number of sulfone groups is 1. The highest BCUT2D eigenvalue weighted by molar-refractivity contribution is 7.91. The Balaban J connectivity index is 3.01. The second kappa shape index (κ2) is 5.55. The van der Waals surface area contributed by atoms with Crippen LogP contribution in [-0.2, 0) is 9.84 Å². The first kappa shape index (κ1) is 14.1. The summed E-state index contributed by atoms with van der Waals surface area (Å²) in [4.78, 5) is -0.621. The first-order valence-electron chi connectivity index (χ1n) is 5.30. The van der Waals surface area contributed by atoms with Gasteiger partial charge in [0.1, 0.15) is 16.5 Å². The zero-order chi connectivity index (χ0) is 13.1. The first-order chi connectivity index (χ1) is 7.86. The number of nitrogens with two attached hydrogens (primary N) is 1. The van der Waals surface area contributed by atoms with Gasteiger partial charge in [-0.1, -0.05) is 13.3 Å². The highest BCUT2D eigenvalue weighted by Gasteiger charge is 2.22. The molecule has 0 aliphatic carbocycles. The van der Waals surface area contributed by atoms with Crippen LogP contribution in [0.15, 0.2) is 23.1 Å². The van der Waals surface area contributed by atoms with E-state index in [9.17, 15) is 17.2 Å². The molecule has 0 saturated carbocycles. The van der Waals surface area contributed by atoms with Crippen molar-refractivity contribution < 1.29 is 17.2 Å². The van der Waals surface area contributed by atoms with E-state index in [1.807, 2.05) is 6.92 Å². The monoisotopic (exact) mass is 263 g/mol. The van der Waals surface area contributed by atoms with Crippen LogP contribution in [0, 0.1) is 11.6 Å². The molecule has 0 amide bonds. The van der Waals surface area contributed by atoms with Crippen LogP contribution < -0.4 is 5.73 Å². The fraction of sp³-hybridized carbons (Fsp3) is 0.455. The van der Waals surface area contributed by atoms with E-state index in [-0.39, 0.29) is 5.75 Å². The van der Waals surface area contributed by atoms with Crippen molar-refractivity contribution in [3.8, 4) is 0 Å². The Hall–Kier alpha value is -1.01. The van der Waals surface area contributed by atoms with E-state index in [1.54, 1.807) is 0 Å². The van der Waals surface area contributed by atoms with Gasteiger partial charge in [-0.25, -0.2) is 17.2 Å². The van der Waals surface area contributed by atoms with Crippen molar-refractivity contribution in [2.75, 3.05) is 5.75 Å². The molecule has 17 heavy (non-hydrogen) atoms. The van der Waals surface area contributed by atoms with Gasteiger partial charge in [-0.15, -0.1) is 0 Å². The molecule has 0 bridgehead atoms. The summed E-state index contributed by atoms with van der Waals surface area (Å²) < 4.78 is 49.8. The Bertz CT molecular complexity index is 488. The quantitative estimate of drug-likeness (QED) is 0.882. The van der Waals surface area contributed by atoms with Crippen LogP contribution in [0.4, 0.5) is 8.78 Å². The summed E-state index contributed by atoms with van der Waals surface area (Å²) >= 11 is 0. The predicted octanol–water partition coefficient (Wildman–Crippen LogP) is 1.87. The Morgan fingerprint density at radius 3 is 2.59 bits per heavy atom. The molecule has 2 N–H and O–H groups in total. The van der Waals surface area contributed by atoms with Crippen LogP contribution in [0.5, 0.6) is 0 Å². The average Bonchev–Trinajstić information content (AvgIpc) is 2.21. The summed E-state index contributed by atoms with van der Waals surface area (Å²) in [5.74, 6) is -2.11. The van der Waals surface area contributed by atoms with Crippen molar-refractivity contribution in [1.82, 2.24) is 0 Å². The fourth-order valence-electron chi connectivity index (χ4n) is 1.54. The van der Waals surface area contributed by atoms with Crippen molar-refractivity contribution in [3.05, 3.63) is 29.8 Å². The van der Waals surface area contributed by atoms with Gasteiger partial charge in [0, 0.05) is 6.04 Å². The number of halogens is 2. The molecule has 0 aliphatic heterocycles. The van der Waals surface area contributed by atoms with Gasteiger partial charge in [0.2, 0.25) is 0 Å². The number of hydrogen-bond acceptors (Lipinski definition) is 3. The molecule has 0 aliphatic rings. The first-order valence-corrected chi connectivity index (χ1v) is 6.95. The molecule has 0 saturated heterocycles. The summed E-state index contributed by atoms with van der Waals surface area (Å²) in [6.07, 6.45) is 1.26. The van der Waals surface area contributed by atoms with E-state index in [4.69, 9.17) is 5.73 Å². The molecular formula is C11H15F2NO2S. The second-order valence-corrected chi connectivity index (χ2v) is 5.91. The Morgan fingerprint density at radius 1 is 1.35 bits per heavy atom. The van der Waals surface area contributed by atoms with E-state index in [2.05, 4.69) is 0 Å². The van der Waals surface area contributed by atoms with E-state index in [1.165, 1.54) is 0 Å². The normalized spacial score (nSPS) is 13.6. The molecule has 3 nitrogen and oxygen atoms in total. The minimum Gasteiger partial charge on any atom is -0.327 e. The molecule has 1 aromatic carbocycles. The third-order valence-electron chi connectivity index (χ3n) is 2.32. The lowest BCUT2D eigenvalue weighted by Crippen LogP contribution is -2.29. The molecule has 0 radical (unpaired) electrons. The summed E-state index contributed by atoms with van der Waals surface area (Å²) in [5.41, 5.74) is 5.60. The predicted molar refractivity (Wildman–Crippen MR) is 61.3 cm³/mol. The summed E-state index contributed by atoms with van der Waals surface area (Å²) in [6, 6.07) is 1.80. The van der Waals surface area contributed by atoms with Gasteiger partial charge in [-0.2, -0.15) is 0 Å². The summed E-state index contributed by atoms with van der Waals surface area (Å²) in [6.45, 7) is 1.87. The molecule has 1 rings (SSSR count). The van der Waals surface area contributed by atoms with Crippen molar-refractivity contribution >= 4 is 9.84 Å². The molecular weight excluding hydrogens is 248 g/mol. The van der Waals surface area contributed by atoms with E-state index >= 15 is 0 Å². The number of benzene rings is 1. The van der Waals surface area contributed by atoms with Gasteiger partial charge in [-0.3, -0.25) is 0 Å². The van der Waals surface area contributed by atoms with Gasteiger partial charge < -0.3 is 5.73 Å². The largest absolute Gasteiger partial charge is 0.327 e. The SMILES string of the molecule is CCCC(N)CS(=O)(=O)c1cc(F)ccc1F. The van der Waals surface area contributed by atoms with E-state index in [0.717, 1.165) is 18.6 Å². The van der Waals surface area contributed by atoms with Crippen LogP contribution in [0.1, 0.15) is 19.8 Å². The summed E-state index contributed by atoms with van der Waals surface area (Å²) in [7, 11) is -3.87. The fourth-order valence-corrected chi connectivity index (χ4v) is 3.11. The van der Waals surface area contributed by atoms with Crippen molar-refractivity contribution in [2.24, 2.45) is 5.73 Å². The molecule has 0 aromatic heterocycles. The van der Waals surface area contributed by atoms with E-state index < -0.39 is 32.4 Å². The molecule has 0 heterocycles. The third kappa shape index (κ3) is 3.74.